The van der Waals surface area contributed by atoms with E-state index in [0.717, 1.165) is 6.42 Å². The van der Waals surface area contributed by atoms with Crippen LogP contribution in [0.4, 0.5) is 10.8 Å². The molecule has 3 rings (SSSR count). The molecule has 2 aromatic heterocycles. The van der Waals surface area contributed by atoms with Crippen LogP contribution in [-0.4, -0.2) is 33.7 Å². The van der Waals surface area contributed by atoms with Crippen LogP contribution in [0.3, 0.4) is 0 Å². The lowest BCUT2D eigenvalue weighted by Crippen LogP contribution is -2.35. The van der Waals surface area contributed by atoms with Gasteiger partial charge in [-0.2, -0.15) is 4.98 Å². The number of hydrogen-bond acceptors (Lipinski definition) is 6. The van der Waals surface area contributed by atoms with Crippen LogP contribution in [0.2, 0.25) is 5.15 Å². The highest BCUT2D eigenvalue weighted by molar-refractivity contribution is 6.29. The van der Waals surface area contributed by atoms with Crippen LogP contribution in [0.15, 0.2) is 16.5 Å². The minimum absolute atomic E-state index is 0.00130. The van der Waals surface area contributed by atoms with E-state index in [1.165, 1.54) is 0 Å². The van der Waals surface area contributed by atoms with Gasteiger partial charge in [-0.25, -0.2) is 9.78 Å². The van der Waals surface area contributed by atoms with E-state index in [4.69, 9.17) is 20.8 Å². The number of pyridine rings is 1. The van der Waals surface area contributed by atoms with Crippen LogP contribution in [0.1, 0.15) is 27.2 Å². The predicted octanol–water partition coefficient (Wildman–Crippen LogP) is 2.95. The summed E-state index contributed by atoms with van der Waals surface area (Å²) in [7, 11) is 0. The summed E-state index contributed by atoms with van der Waals surface area (Å²) in [6.45, 7) is 5.48. The van der Waals surface area contributed by atoms with Crippen molar-refractivity contribution in [3.63, 3.8) is 0 Å². The molecular weight excluding hydrogens is 308 g/mol. The maximum absolute atomic E-state index is 11.7. The largest absolute Gasteiger partial charge is 0.444 e. The number of rotatable bonds is 3. The average Bonchev–Trinajstić information content (AvgIpc) is 2.95. The number of oxazole rings is 1. The molecule has 1 aliphatic rings. The third kappa shape index (κ3) is 3.59. The lowest BCUT2D eigenvalue weighted by atomic mass is 10.2. The Kier molecular flexibility index (Phi) is 3.60. The monoisotopic (exact) mass is 324 g/mol. The van der Waals surface area contributed by atoms with E-state index in [0.29, 0.717) is 22.4 Å². The summed E-state index contributed by atoms with van der Waals surface area (Å²) in [6.07, 6.45) is 0.361. The van der Waals surface area contributed by atoms with Crippen LogP contribution in [0.25, 0.3) is 11.2 Å². The number of anilines is 1. The zero-order valence-electron chi connectivity index (χ0n) is 12.5. The molecule has 2 aromatic rings. The predicted molar refractivity (Wildman–Crippen MR) is 82.0 cm³/mol. The van der Waals surface area contributed by atoms with E-state index in [2.05, 4.69) is 20.6 Å². The van der Waals surface area contributed by atoms with Gasteiger partial charge in [-0.05, 0) is 39.3 Å². The first kappa shape index (κ1) is 14.9. The third-order valence-electron chi connectivity index (χ3n) is 3.02. The number of carbonyl (C=O) groups is 1. The lowest BCUT2D eigenvalue weighted by Gasteiger charge is -2.19. The smallest absolute Gasteiger partial charge is 0.407 e. The first-order valence-electron chi connectivity index (χ1n) is 6.99. The number of ether oxygens (including phenoxy) is 1. The fourth-order valence-electron chi connectivity index (χ4n) is 1.99. The molecule has 8 heteroatoms. The number of nitrogens with one attached hydrogen (secondary N) is 2. The van der Waals surface area contributed by atoms with Crippen molar-refractivity contribution in [1.29, 1.82) is 0 Å². The van der Waals surface area contributed by atoms with Crippen molar-refractivity contribution in [1.82, 2.24) is 15.3 Å². The third-order valence-corrected chi connectivity index (χ3v) is 3.23. The highest BCUT2D eigenvalue weighted by Gasteiger charge is 2.40. The number of fused-ring (bicyclic) bond motifs is 1. The van der Waals surface area contributed by atoms with Gasteiger partial charge in [0.2, 0.25) is 5.65 Å². The quantitative estimate of drug-likeness (QED) is 0.844. The number of alkyl carbamates (subject to hydrolysis) is 1. The van der Waals surface area contributed by atoms with Gasteiger partial charge in [-0.15, -0.1) is 0 Å². The number of carbonyl (C=O) groups excluding carboxylic acids is 1. The molecule has 0 spiro atoms. The van der Waals surface area contributed by atoms with Crippen LogP contribution >= 0.6 is 11.6 Å². The Morgan fingerprint density at radius 3 is 2.86 bits per heavy atom. The number of aromatic nitrogens is 2. The summed E-state index contributed by atoms with van der Waals surface area (Å²) >= 11 is 5.80. The Labute approximate surface area is 132 Å². The number of hydrogen-bond donors (Lipinski definition) is 2. The van der Waals surface area contributed by atoms with Crippen LogP contribution in [-0.2, 0) is 4.74 Å². The fourth-order valence-corrected chi connectivity index (χ4v) is 2.13. The van der Waals surface area contributed by atoms with E-state index in [9.17, 15) is 4.79 Å². The van der Waals surface area contributed by atoms with E-state index in [1.54, 1.807) is 12.1 Å². The second kappa shape index (κ2) is 5.31. The summed E-state index contributed by atoms with van der Waals surface area (Å²) in [6, 6.07) is 3.79. The molecule has 7 nitrogen and oxygen atoms in total. The maximum Gasteiger partial charge on any atom is 0.407 e. The number of halogens is 1. The van der Waals surface area contributed by atoms with Crippen LogP contribution < -0.4 is 10.6 Å². The first-order valence-corrected chi connectivity index (χ1v) is 7.37. The van der Waals surface area contributed by atoms with Crippen molar-refractivity contribution in [2.24, 2.45) is 0 Å². The Bertz CT molecular complexity index is 710. The van der Waals surface area contributed by atoms with E-state index in [-0.39, 0.29) is 12.1 Å². The standard InChI is InChI=1S/C14H17ClN4O3/c1-14(2,3)22-13(20)17-8-6-7(8)16-12-19-11-9(21-12)4-5-10(15)18-11/h4-5,7-8H,6H2,1-3H3,(H,17,20)(H,16,18,19)/t7-,8-/m1/s1. The van der Waals surface area contributed by atoms with Crippen molar-refractivity contribution in [2.45, 2.75) is 44.9 Å². The van der Waals surface area contributed by atoms with E-state index < -0.39 is 11.7 Å². The summed E-state index contributed by atoms with van der Waals surface area (Å²) < 4.78 is 10.7. The molecule has 1 amide bonds. The zero-order valence-corrected chi connectivity index (χ0v) is 13.3. The van der Waals surface area contributed by atoms with Gasteiger partial charge in [-0.1, -0.05) is 11.6 Å². The topological polar surface area (TPSA) is 89.3 Å². The zero-order chi connectivity index (χ0) is 15.9. The summed E-state index contributed by atoms with van der Waals surface area (Å²) in [5.74, 6) is 0. The molecule has 1 aliphatic carbocycles. The van der Waals surface area contributed by atoms with Gasteiger partial charge in [0, 0.05) is 0 Å². The molecule has 0 aliphatic heterocycles. The average molecular weight is 325 g/mol. The second-order valence-corrected chi connectivity index (χ2v) is 6.60. The number of nitrogens with zero attached hydrogens (tertiary/aromatic N) is 2. The van der Waals surface area contributed by atoms with Crippen molar-refractivity contribution in [3.8, 4) is 0 Å². The first-order chi connectivity index (χ1) is 10.3. The molecule has 118 valence electrons. The molecule has 0 aromatic carbocycles. The fraction of sp³-hybridized carbons (Fsp3) is 0.500. The molecule has 1 saturated carbocycles. The normalized spacial score (nSPS) is 20.7. The summed E-state index contributed by atoms with van der Waals surface area (Å²) in [4.78, 5) is 19.9. The van der Waals surface area contributed by atoms with Gasteiger partial charge in [-0.3, -0.25) is 0 Å². The van der Waals surface area contributed by atoms with Crippen LogP contribution in [0.5, 0.6) is 0 Å². The molecule has 22 heavy (non-hydrogen) atoms. The van der Waals surface area contributed by atoms with Gasteiger partial charge in [0.15, 0.2) is 5.58 Å². The Balaban J connectivity index is 1.55. The number of amides is 1. The van der Waals surface area contributed by atoms with Crippen molar-refractivity contribution < 1.29 is 13.9 Å². The van der Waals surface area contributed by atoms with Crippen LogP contribution in [0, 0.1) is 0 Å². The lowest BCUT2D eigenvalue weighted by molar-refractivity contribution is 0.0523. The maximum atomic E-state index is 11.7. The minimum Gasteiger partial charge on any atom is -0.444 e. The highest BCUT2D eigenvalue weighted by atomic mass is 35.5. The van der Waals surface area contributed by atoms with E-state index in [1.807, 2.05) is 20.8 Å². The van der Waals surface area contributed by atoms with E-state index >= 15 is 0 Å². The summed E-state index contributed by atoms with van der Waals surface area (Å²) in [5.41, 5.74) is 0.504. The molecule has 2 atom stereocenters. The molecule has 2 heterocycles. The Hall–Kier alpha value is -2.02. The van der Waals surface area contributed by atoms with Gasteiger partial charge in [0.1, 0.15) is 10.8 Å². The molecule has 1 fully saturated rings. The second-order valence-electron chi connectivity index (χ2n) is 6.21. The van der Waals surface area contributed by atoms with Gasteiger partial charge < -0.3 is 19.8 Å². The van der Waals surface area contributed by atoms with Gasteiger partial charge >= 0.3 is 6.09 Å². The van der Waals surface area contributed by atoms with Crippen molar-refractivity contribution in [3.05, 3.63) is 17.3 Å². The van der Waals surface area contributed by atoms with Crippen molar-refractivity contribution >= 4 is 34.9 Å². The molecule has 0 unspecified atom stereocenters. The SMILES string of the molecule is CC(C)(C)OC(=O)N[C@@H]1C[C@H]1Nc1nc2nc(Cl)ccc2o1. The van der Waals surface area contributed by atoms with Gasteiger partial charge in [0.05, 0.1) is 12.1 Å². The Morgan fingerprint density at radius 2 is 2.14 bits per heavy atom. The van der Waals surface area contributed by atoms with Crippen molar-refractivity contribution in [2.75, 3.05) is 5.32 Å². The summed E-state index contributed by atoms with van der Waals surface area (Å²) in [5, 5.41) is 6.27. The molecule has 0 radical (unpaired) electrons. The highest BCUT2D eigenvalue weighted by Crippen LogP contribution is 2.28. The molecule has 0 bridgehead atoms. The van der Waals surface area contributed by atoms with Gasteiger partial charge in [0.25, 0.3) is 6.01 Å². The molecular formula is C14H17ClN4O3. The minimum atomic E-state index is -0.507. The molecule has 2 N–H and O–H groups in total. The molecule has 0 saturated heterocycles. The Morgan fingerprint density at radius 1 is 1.36 bits per heavy atom.